The average molecular weight is 317 g/mol. The first kappa shape index (κ1) is 17.7. The van der Waals surface area contributed by atoms with Crippen molar-refractivity contribution in [3.8, 4) is 11.5 Å². The molecule has 1 atom stereocenters. The molecule has 0 fully saturated rings. The van der Waals surface area contributed by atoms with E-state index in [9.17, 15) is 8.42 Å². The fourth-order valence-electron chi connectivity index (χ4n) is 1.99. The molecule has 0 radical (unpaired) electrons. The minimum atomic E-state index is -3.23. The number of nitrogens with two attached hydrogens (primary N) is 1. The second-order valence-electron chi connectivity index (χ2n) is 4.68. The Kier molecular flexibility index (Phi) is 6.94. The summed E-state index contributed by atoms with van der Waals surface area (Å²) >= 11 is 0. The maximum atomic E-state index is 12.0. The average Bonchev–Trinajstić information content (AvgIpc) is 2.46. The van der Waals surface area contributed by atoms with Crippen molar-refractivity contribution in [1.29, 1.82) is 0 Å². The van der Waals surface area contributed by atoms with Crippen molar-refractivity contribution in [3.63, 3.8) is 0 Å². The number of methoxy groups -OCH3 is 3. The molecule has 0 aromatic heterocycles. The van der Waals surface area contributed by atoms with Crippen LogP contribution in [-0.2, 0) is 14.6 Å². The van der Waals surface area contributed by atoms with E-state index < -0.39 is 15.9 Å². The third-order valence-electron chi connectivity index (χ3n) is 3.08. The van der Waals surface area contributed by atoms with E-state index in [1.165, 1.54) is 7.11 Å². The van der Waals surface area contributed by atoms with Crippen LogP contribution in [0.5, 0.6) is 11.5 Å². The Bertz CT molecular complexity index is 544. The largest absolute Gasteiger partial charge is 0.497 e. The van der Waals surface area contributed by atoms with Crippen molar-refractivity contribution >= 4 is 9.84 Å². The standard InChI is InChI=1S/C14H23NO5S/c1-18-7-4-8-21(16,17)10-13(15)12-6-5-11(19-2)9-14(12)20-3/h5-6,9,13H,4,7-8,10,15H2,1-3H3. The van der Waals surface area contributed by atoms with Gasteiger partial charge in [0.1, 0.15) is 11.5 Å². The number of rotatable bonds is 9. The first-order chi connectivity index (χ1) is 9.93. The summed E-state index contributed by atoms with van der Waals surface area (Å²) in [6.45, 7) is 0.417. The van der Waals surface area contributed by atoms with E-state index in [1.54, 1.807) is 32.4 Å². The molecular weight excluding hydrogens is 294 g/mol. The molecular formula is C14H23NO5S. The fraction of sp³-hybridized carbons (Fsp3) is 0.571. The highest BCUT2D eigenvalue weighted by atomic mass is 32.2. The molecule has 120 valence electrons. The van der Waals surface area contributed by atoms with E-state index in [0.29, 0.717) is 30.1 Å². The zero-order valence-electron chi connectivity index (χ0n) is 12.7. The van der Waals surface area contributed by atoms with Gasteiger partial charge in [-0.25, -0.2) is 8.42 Å². The van der Waals surface area contributed by atoms with Gasteiger partial charge in [-0.1, -0.05) is 6.07 Å². The Balaban J connectivity index is 2.81. The molecule has 0 heterocycles. The monoisotopic (exact) mass is 317 g/mol. The predicted octanol–water partition coefficient (Wildman–Crippen LogP) is 1.15. The van der Waals surface area contributed by atoms with Crippen molar-refractivity contribution < 1.29 is 22.6 Å². The van der Waals surface area contributed by atoms with Crippen molar-refractivity contribution in [3.05, 3.63) is 23.8 Å². The van der Waals surface area contributed by atoms with Crippen molar-refractivity contribution in [2.75, 3.05) is 39.4 Å². The summed E-state index contributed by atoms with van der Waals surface area (Å²) < 4.78 is 39.2. The summed E-state index contributed by atoms with van der Waals surface area (Å²) in [4.78, 5) is 0. The molecule has 6 nitrogen and oxygen atoms in total. The van der Waals surface area contributed by atoms with Crippen LogP contribution in [0.3, 0.4) is 0 Å². The summed E-state index contributed by atoms with van der Waals surface area (Å²) in [5, 5.41) is 0. The number of ether oxygens (including phenoxy) is 3. The highest BCUT2D eigenvalue weighted by Crippen LogP contribution is 2.29. The zero-order valence-corrected chi connectivity index (χ0v) is 13.5. The van der Waals surface area contributed by atoms with Crippen LogP contribution in [0.2, 0.25) is 0 Å². The van der Waals surface area contributed by atoms with Crippen LogP contribution in [0.25, 0.3) is 0 Å². The highest BCUT2D eigenvalue weighted by Gasteiger charge is 2.20. The summed E-state index contributed by atoms with van der Waals surface area (Å²) in [7, 11) is 1.37. The smallest absolute Gasteiger partial charge is 0.152 e. The maximum absolute atomic E-state index is 12.0. The molecule has 1 aromatic rings. The zero-order chi connectivity index (χ0) is 15.9. The van der Waals surface area contributed by atoms with Gasteiger partial charge in [0, 0.05) is 31.4 Å². The lowest BCUT2D eigenvalue weighted by Crippen LogP contribution is -2.24. The molecule has 0 saturated carbocycles. The van der Waals surface area contributed by atoms with Crippen molar-refractivity contribution in [2.45, 2.75) is 12.5 Å². The molecule has 0 bridgehead atoms. The Hall–Kier alpha value is -1.31. The van der Waals surface area contributed by atoms with E-state index in [4.69, 9.17) is 19.9 Å². The minimum Gasteiger partial charge on any atom is -0.497 e. The van der Waals surface area contributed by atoms with E-state index in [0.717, 1.165) is 0 Å². The first-order valence-corrected chi connectivity index (χ1v) is 8.42. The van der Waals surface area contributed by atoms with Crippen LogP contribution in [0.15, 0.2) is 18.2 Å². The molecule has 0 aliphatic heterocycles. The number of hydrogen-bond acceptors (Lipinski definition) is 6. The Morgan fingerprint density at radius 3 is 2.48 bits per heavy atom. The fourth-order valence-corrected chi connectivity index (χ4v) is 3.45. The Labute approximate surface area is 126 Å². The van der Waals surface area contributed by atoms with Gasteiger partial charge in [-0.15, -0.1) is 0 Å². The van der Waals surface area contributed by atoms with Crippen LogP contribution >= 0.6 is 0 Å². The molecule has 7 heteroatoms. The normalized spacial score (nSPS) is 13.0. The van der Waals surface area contributed by atoms with Gasteiger partial charge in [0.2, 0.25) is 0 Å². The van der Waals surface area contributed by atoms with E-state index in [2.05, 4.69) is 0 Å². The molecule has 0 spiro atoms. The molecule has 21 heavy (non-hydrogen) atoms. The lowest BCUT2D eigenvalue weighted by molar-refractivity contribution is 0.199. The number of benzene rings is 1. The SMILES string of the molecule is COCCCS(=O)(=O)CC(N)c1ccc(OC)cc1OC. The molecule has 0 saturated heterocycles. The first-order valence-electron chi connectivity index (χ1n) is 6.60. The van der Waals surface area contributed by atoms with Crippen LogP contribution in [0.4, 0.5) is 0 Å². The Morgan fingerprint density at radius 2 is 1.90 bits per heavy atom. The molecule has 0 aliphatic rings. The van der Waals surface area contributed by atoms with Gasteiger partial charge in [0.05, 0.1) is 25.7 Å². The third kappa shape index (κ3) is 5.53. The van der Waals surface area contributed by atoms with Gasteiger partial charge in [0.25, 0.3) is 0 Å². The van der Waals surface area contributed by atoms with E-state index in [1.807, 2.05) is 0 Å². The van der Waals surface area contributed by atoms with Crippen molar-refractivity contribution in [2.24, 2.45) is 5.73 Å². The highest BCUT2D eigenvalue weighted by molar-refractivity contribution is 7.91. The summed E-state index contributed by atoms with van der Waals surface area (Å²) in [5.41, 5.74) is 6.67. The van der Waals surface area contributed by atoms with Crippen molar-refractivity contribution in [1.82, 2.24) is 0 Å². The lowest BCUT2D eigenvalue weighted by Gasteiger charge is -2.16. The summed E-state index contributed by atoms with van der Waals surface area (Å²) in [6.07, 6.45) is 0.464. The molecule has 2 N–H and O–H groups in total. The van der Waals surface area contributed by atoms with Gasteiger partial charge in [-0.2, -0.15) is 0 Å². The number of sulfone groups is 1. The van der Waals surface area contributed by atoms with Crippen LogP contribution in [0, 0.1) is 0 Å². The molecule has 0 aliphatic carbocycles. The topological polar surface area (TPSA) is 87.9 Å². The third-order valence-corrected chi connectivity index (χ3v) is 4.86. The van der Waals surface area contributed by atoms with Gasteiger partial charge in [-0.3, -0.25) is 0 Å². The van der Waals surface area contributed by atoms with Gasteiger partial charge < -0.3 is 19.9 Å². The van der Waals surface area contributed by atoms with Gasteiger partial charge >= 0.3 is 0 Å². The summed E-state index contributed by atoms with van der Waals surface area (Å²) in [5.74, 6) is 1.09. The second kappa shape index (κ2) is 8.21. The predicted molar refractivity (Wildman–Crippen MR) is 81.6 cm³/mol. The number of hydrogen-bond donors (Lipinski definition) is 1. The quantitative estimate of drug-likeness (QED) is 0.688. The van der Waals surface area contributed by atoms with Gasteiger partial charge in [-0.05, 0) is 12.5 Å². The second-order valence-corrected chi connectivity index (χ2v) is 6.90. The lowest BCUT2D eigenvalue weighted by atomic mass is 10.1. The van der Waals surface area contributed by atoms with E-state index >= 15 is 0 Å². The Morgan fingerprint density at radius 1 is 1.19 bits per heavy atom. The molecule has 0 amide bonds. The van der Waals surface area contributed by atoms with Gasteiger partial charge in [0.15, 0.2) is 9.84 Å². The van der Waals surface area contributed by atoms with Crippen LogP contribution in [0.1, 0.15) is 18.0 Å². The molecule has 1 rings (SSSR count). The molecule has 1 aromatic carbocycles. The molecule has 1 unspecified atom stereocenters. The van der Waals surface area contributed by atoms with Crippen LogP contribution in [-0.4, -0.2) is 47.9 Å². The minimum absolute atomic E-state index is 0.0625. The van der Waals surface area contributed by atoms with Crippen LogP contribution < -0.4 is 15.2 Å². The summed E-state index contributed by atoms with van der Waals surface area (Å²) in [6, 6.07) is 4.51. The van der Waals surface area contributed by atoms with E-state index in [-0.39, 0.29) is 11.5 Å². The maximum Gasteiger partial charge on any atom is 0.152 e.